The number of H-pyrrole nitrogens is 1. The third-order valence-electron chi connectivity index (χ3n) is 4.12. The van der Waals surface area contributed by atoms with Gasteiger partial charge in [0.05, 0.1) is 23.5 Å². The van der Waals surface area contributed by atoms with E-state index < -0.39 is 0 Å². The molecule has 1 saturated heterocycles. The fraction of sp³-hybridized carbons (Fsp3) is 0.438. The predicted molar refractivity (Wildman–Crippen MR) is 85.4 cm³/mol. The minimum Gasteiger partial charge on any atom is -0.375 e. The zero-order valence-electron chi connectivity index (χ0n) is 12.9. The van der Waals surface area contributed by atoms with Crippen LogP contribution in [0.25, 0.3) is 10.8 Å². The Morgan fingerprint density at radius 1 is 1.30 bits per heavy atom. The minimum absolute atomic E-state index is 0.0278. The van der Waals surface area contributed by atoms with Gasteiger partial charge in [0.2, 0.25) is 5.91 Å². The van der Waals surface area contributed by atoms with Gasteiger partial charge in [0.1, 0.15) is 6.54 Å². The summed E-state index contributed by atoms with van der Waals surface area (Å²) >= 11 is 0. The lowest BCUT2D eigenvalue weighted by molar-refractivity contribution is -0.139. The van der Waals surface area contributed by atoms with Crippen LogP contribution >= 0.6 is 0 Å². The van der Waals surface area contributed by atoms with Gasteiger partial charge < -0.3 is 9.64 Å². The number of nitrogens with one attached hydrogen (secondary N) is 1. The van der Waals surface area contributed by atoms with Gasteiger partial charge >= 0.3 is 0 Å². The zero-order valence-corrected chi connectivity index (χ0v) is 12.9. The largest absolute Gasteiger partial charge is 0.375 e. The molecule has 1 aliphatic heterocycles. The number of rotatable bonds is 3. The lowest BCUT2D eigenvalue weighted by atomic mass is 10.2. The Hall–Kier alpha value is -2.41. The van der Waals surface area contributed by atoms with Gasteiger partial charge in [-0.3, -0.25) is 19.5 Å². The summed E-state index contributed by atoms with van der Waals surface area (Å²) in [5, 5.41) is 3.13. The summed E-state index contributed by atoms with van der Waals surface area (Å²) in [4.78, 5) is 38.6. The van der Waals surface area contributed by atoms with Gasteiger partial charge in [-0.15, -0.1) is 0 Å². The van der Waals surface area contributed by atoms with Gasteiger partial charge in [-0.05, 0) is 18.6 Å². The fourth-order valence-electron chi connectivity index (χ4n) is 2.79. The van der Waals surface area contributed by atoms with Gasteiger partial charge in [0.15, 0.2) is 0 Å². The minimum atomic E-state index is -0.374. The number of benzene rings is 1. The Morgan fingerprint density at radius 2 is 2.04 bits per heavy atom. The summed E-state index contributed by atoms with van der Waals surface area (Å²) in [6, 6.07) is 6.58. The van der Waals surface area contributed by atoms with E-state index in [1.807, 2.05) is 6.92 Å². The van der Waals surface area contributed by atoms with Crippen molar-refractivity contribution in [1.82, 2.24) is 14.7 Å². The molecule has 2 aromatic rings. The summed E-state index contributed by atoms with van der Waals surface area (Å²) in [6.45, 7) is 3.34. The van der Waals surface area contributed by atoms with E-state index in [1.165, 1.54) is 0 Å². The highest BCUT2D eigenvalue weighted by atomic mass is 16.5. The van der Waals surface area contributed by atoms with Crippen molar-refractivity contribution in [2.75, 3.05) is 19.7 Å². The quantitative estimate of drug-likeness (QED) is 0.884. The first-order chi connectivity index (χ1) is 11.1. The lowest BCUT2D eigenvalue weighted by Gasteiger charge is -2.32. The Bertz CT molecular complexity index is 839. The zero-order chi connectivity index (χ0) is 16.4. The number of amides is 1. The van der Waals surface area contributed by atoms with Crippen LogP contribution in [0.2, 0.25) is 0 Å². The van der Waals surface area contributed by atoms with Crippen LogP contribution in [0.4, 0.5) is 0 Å². The first-order valence-electron chi connectivity index (χ1n) is 7.71. The highest BCUT2D eigenvalue weighted by Gasteiger charge is 2.23. The van der Waals surface area contributed by atoms with Gasteiger partial charge in [0.25, 0.3) is 11.1 Å². The normalized spacial score (nSPS) is 18.3. The second kappa shape index (κ2) is 6.37. The molecule has 1 aromatic heterocycles. The molecule has 1 atom stereocenters. The highest BCUT2D eigenvalue weighted by Crippen LogP contribution is 2.09. The smallest absolute Gasteiger partial charge is 0.273 e. The molecule has 0 unspecified atom stereocenters. The molecule has 0 spiro atoms. The summed E-state index contributed by atoms with van der Waals surface area (Å²) in [5.74, 6) is -0.195. The van der Waals surface area contributed by atoms with Crippen LogP contribution in [0.15, 0.2) is 33.9 Å². The number of aromatic nitrogens is 2. The summed E-state index contributed by atoms with van der Waals surface area (Å²) in [5.41, 5.74) is -0.740. The molecule has 1 fully saturated rings. The maximum absolute atomic E-state index is 12.4. The first-order valence-corrected chi connectivity index (χ1v) is 7.71. The van der Waals surface area contributed by atoms with E-state index >= 15 is 0 Å². The highest BCUT2D eigenvalue weighted by molar-refractivity contribution is 5.81. The number of hydrogen-bond acceptors (Lipinski definition) is 4. The summed E-state index contributed by atoms with van der Waals surface area (Å²) in [7, 11) is 0. The van der Waals surface area contributed by atoms with E-state index in [2.05, 4.69) is 5.10 Å². The van der Waals surface area contributed by atoms with Crippen LogP contribution in [0.3, 0.4) is 0 Å². The average Bonchev–Trinajstić information content (AvgIpc) is 2.59. The molecule has 1 N–H and O–H groups in total. The first kappa shape index (κ1) is 15.5. The molecule has 0 bridgehead atoms. The average molecular weight is 317 g/mol. The molecule has 0 saturated carbocycles. The van der Waals surface area contributed by atoms with Crippen LogP contribution in [0.1, 0.15) is 13.3 Å². The summed E-state index contributed by atoms with van der Waals surface area (Å²) in [6.07, 6.45) is 0.858. The maximum atomic E-state index is 12.4. The number of carbonyl (C=O) groups excluding carboxylic acids is 1. The van der Waals surface area contributed by atoms with Crippen molar-refractivity contribution in [1.29, 1.82) is 0 Å². The number of ether oxygens (including phenoxy) is 1. The van der Waals surface area contributed by atoms with Crippen LogP contribution in [0, 0.1) is 0 Å². The van der Waals surface area contributed by atoms with Gasteiger partial charge in [-0.1, -0.05) is 19.1 Å². The molecule has 7 heteroatoms. The number of nitrogens with zero attached hydrogens (tertiary/aromatic N) is 2. The van der Waals surface area contributed by atoms with E-state index in [4.69, 9.17) is 4.74 Å². The van der Waals surface area contributed by atoms with Crippen LogP contribution < -0.4 is 11.1 Å². The van der Waals surface area contributed by atoms with Crippen molar-refractivity contribution in [3.63, 3.8) is 0 Å². The number of fused-ring (bicyclic) bond motifs is 1. The van der Waals surface area contributed by atoms with E-state index in [-0.39, 0.29) is 29.7 Å². The molecule has 3 rings (SSSR count). The van der Waals surface area contributed by atoms with Crippen molar-refractivity contribution >= 4 is 16.7 Å². The van der Waals surface area contributed by atoms with Gasteiger partial charge in [-0.2, -0.15) is 0 Å². The standard InChI is InChI=1S/C16H19N3O4/c1-2-11-9-18(7-8-23-11)14(20)10-19-16(22)13-6-4-3-5-12(13)15(21)17-19/h3-6,11H,2,7-10H2,1H3,(H,17,21)/t11-/m0/s1. The molecule has 1 amide bonds. The molecule has 122 valence electrons. The SMILES string of the molecule is CC[C@H]1CN(C(=O)Cn2[nH]c(=O)c3ccccc3c2=O)CCO1. The maximum Gasteiger partial charge on any atom is 0.273 e. The molecule has 2 heterocycles. The molecular weight excluding hydrogens is 298 g/mol. The Balaban J connectivity index is 1.87. The third-order valence-corrected chi connectivity index (χ3v) is 4.12. The van der Waals surface area contributed by atoms with Crippen LogP contribution in [0.5, 0.6) is 0 Å². The Morgan fingerprint density at radius 3 is 2.78 bits per heavy atom. The van der Waals surface area contributed by atoms with Crippen molar-refractivity contribution in [3.8, 4) is 0 Å². The van der Waals surface area contributed by atoms with E-state index in [0.717, 1.165) is 11.1 Å². The van der Waals surface area contributed by atoms with E-state index in [9.17, 15) is 14.4 Å². The number of morpholine rings is 1. The fourth-order valence-corrected chi connectivity index (χ4v) is 2.79. The van der Waals surface area contributed by atoms with Gasteiger partial charge in [0, 0.05) is 13.1 Å². The van der Waals surface area contributed by atoms with E-state index in [1.54, 1.807) is 29.2 Å². The van der Waals surface area contributed by atoms with Crippen LogP contribution in [-0.2, 0) is 16.1 Å². The van der Waals surface area contributed by atoms with E-state index in [0.29, 0.717) is 30.5 Å². The molecule has 1 aromatic carbocycles. The molecule has 7 nitrogen and oxygen atoms in total. The van der Waals surface area contributed by atoms with Crippen molar-refractivity contribution in [2.45, 2.75) is 26.0 Å². The van der Waals surface area contributed by atoms with Gasteiger partial charge in [-0.25, -0.2) is 4.68 Å². The number of carbonyl (C=O) groups is 1. The second-order valence-corrected chi connectivity index (χ2v) is 5.62. The molecular formula is C16H19N3O4. The molecule has 0 radical (unpaired) electrons. The topological polar surface area (TPSA) is 84.4 Å². The lowest BCUT2D eigenvalue weighted by Crippen LogP contribution is -2.47. The Kier molecular flexibility index (Phi) is 4.29. The van der Waals surface area contributed by atoms with Crippen LogP contribution in [-0.4, -0.2) is 46.4 Å². The predicted octanol–water partition coefficient (Wildman–Crippen LogP) is 0.327. The summed E-state index contributed by atoms with van der Waals surface area (Å²) < 4.78 is 6.62. The van der Waals surface area contributed by atoms with Crippen molar-refractivity contribution in [3.05, 3.63) is 45.0 Å². The molecule has 0 aliphatic carbocycles. The number of aromatic amines is 1. The van der Waals surface area contributed by atoms with Crippen molar-refractivity contribution < 1.29 is 9.53 Å². The number of hydrogen-bond donors (Lipinski definition) is 1. The molecule has 23 heavy (non-hydrogen) atoms. The third kappa shape index (κ3) is 3.05. The monoisotopic (exact) mass is 317 g/mol. The van der Waals surface area contributed by atoms with Crippen molar-refractivity contribution in [2.24, 2.45) is 0 Å². The second-order valence-electron chi connectivity index (χ2n) is 5.62. The molecule has 1 aliphatic rings. The Labute approximate surface area is 132 Å².